The summed E-state index contributed by atoms with van der Waals surface area (Å²) < 4.78 is 6.65. The number of nitrogens with zero attached hydrogens (tertiary/aromatic N) is 1. The van der Waals surface area contributed by atoms with Crippen molar-refractivity contribution in [3.8, 4) is 22.3 Å². The Labute approximate surface area is 244 Å². The Morgan fingerprint density at radius 2 is 0.952 bits per heavy atom. The van der Waals surface area contributed by atoms with Crippen LogP contribution in [-0.2, 0) is 0 Å². The molecule has 0 aliphatic rings. The monoisotopic (exact) mass is 537 g/mol. The summed E-state index contributed by atoms with van der Waals surface area (Å²) in [6.45, 7) is 0. The van der Waals surface area contributed by atoms with E-state index in [1.807, 2.05) is 0 Å². The molecular weight excluding hydrogens is 510 g/mol. The van der Waals surface area contributed by atoms with Crippen LogP contribution in [0.1, 0.15) is 0 Å². The first-order chi connectivity index (χ1) is 20.8. The van der Waals surface area contributed by atoms with E-state index >= 15 is 0 Å². The van der Waals surface area contributed by atoms with Crippen molar-refractivity contribution in [1.29, 1.82) is 0 Å². The molecule has 1 heterocycles. The van der Waals surface area contributed by atoms with Crippen LogP contribution in [-0.4, -0.2) is 0 Å². The molecule has 0 atom stereocenters. The SMILES string of the molecule is c1ccc(-c2cccc(N(c3ccccc3)c3ccc4c(c3)oc3cc(-c5ccccc5)c5ccccc5c34)c2)cc1. The van der Waals surface area contributed by atoms with Gasteiger partial charge in [0.2, 0.25) is 0 Å². The van der Waals surface area contributed by atoms with Crippen molar-refractivity contribution in [2.45, 2.75) is 0 Å². The van der Waals surface area contributed by atoms with E-state index in [1.165, 1.54) is 33.0 Å². The lowest BCUT2D eigenvalue weighted by Gasteiger charge is -2.26. The molecule has 0 amide bonds. The molecule has 198 valence electrons. The van der Waals surface area contributed by atoms with Crippen molar-refractivity contribution in [3.63, 3.8) is 0 Å². The average molecular weight is 538 g/mol. The lowest BCUT2D eigenvalue weighted by Crippen LogP contribution is -2.09. The Balaban J connectivity index is 1.33. The van der Waals surface area contributed by atoms with E-state index in [-0.39, 0.29) is 0 Å². The largest absolute Gasteiger partial charge is 0.456 e. The molecule has 8 rings (SSSR count). The summed E-state index contributed by atoms with van der Waals surface area (Å²) in [5.41, 5.74) is 9.75. The minimum atomic E-state index is 0.873. The Morgan fingerprint density at radius 1 is 0.357 bits per heavy atom. The second-order valence-electron chi connectivity index (χ2n) is 10.6. The zero-order valence-corrected chi connectivity index (χ0v) is 22.9. The van der Waals surface area contributed by atoms with Crippen LogP contribution in [0.4, 0.5) is 17.1 Å². The van der Waals surface area contributed by atoms with Crippen molar-refractivity contribution in [2.75, 3.05) is 4.90 Å². The second-order valence-corrected chi connectivity index (χ2v) is 10.6. The van der Waals surface area contributed by atoms with Crippen LogP contribution >= 0.6 is 0 Å². The number of hydrogen-bond donors (Lipinski definition) is 0. The van der Waals surface area contributed by atoms with Crippen LogP contribution in [0.2, 0.25) is 0 Å². The van der Waals surface area contributed by atoms with Gasteiger partial charge in [-0.15, -0.1) is 0 Å². The summed E-state index contributed by atoms with van der Waals surface area (Å²) in [7, 11) is 0. The first-order valence-electron chi connectivity index (χ1n) is 14.3. The average Bonchev–Trinajstić information content (AvgIpc) is 3.44. The number of hydrogen-bond acceptors (Lipinski definition) is 2. The molecule has 8 aromatic rings. The highest BCUT2D eigenvalue weighted by Crippen LogP contribution is 2.43. The van der Waals surface area contributed by atoms with E-state index in [4.69, 9.17) is 4.42 Å². The van der Waals surface area contributed by atoms with Crippen molar-refractivity contribution in [3.05, 3.63) is 164 Å². The number of anilines is 3. The van der Waals surface area contributed by atoms with Gasteiger partial charge in [0.1, 0.15) is 11.2 Å². The molecule has 0 saturated carbocycles. The Morgan fingerprint density at radius 3 is 1.71 bits per heavy atom. The molecule has 0 spiro atoms. The Hall–Kier alpha value is -5.60. The molecule has 0 aliphatic carbocycles. The van der Waals surface area contributed by atoms with Crippen molar-refractivity contribution in [2.24, 2.45) is 0 Å². The predicted molar refractivity (Wildman–Crippen MR) is 177 cm³/mol. The molecule has 0 radical (unpaired) electrons. The Kier molecular flexibility index (Phi) is 5.82. The van der Waals surface area contributed by atoms with Crippen molar-refractivity contribution in [1.82, 2.24) is 0 Å². The van der Waals surface area contributed by atoms with Gasteiger partial charge in [0.05, 0.1) is 0 Å². The number of fused-ring (bicyclic) bond motifs is 5. The number of benzene rings is 7. The maximum absolute atomic E-state index is 6.65. The minimum Gasteiger partial charge on any atom is -0.456 e. The van der Waals surface area contributed by atoms with E-state index in [9.17, 15) is 0 Å². The van der Waals surface area contributed by atoms with Crippen molar-refractivity contribution < 1.29 is 4.42 Å². The molecule has 7 aromatic carbocycles. The quantitative estimate of drug-likeness (QED) is 0.217. The van der Waals surface area contributed by atoms with Gasteiger partial charge in [-0.3, -0.25) is 0 Å². The van der Waals surface area contributed by atoms with E-state index in [0.717, 1.165) is 39.0 Å². The molecule has 0 aliphatic heterocycles. The van der Waals surface area contributed by atoms with Gasteiger partial charge in [-0.2, -0.15) is 0 Å². The highest BCUT2D eigenvalue weighted by Gasteiger charge is 2.18. The second kappa shape index (κ2) is 10.1. The molecule has 0 fully saturated rings. The normalized spacial score (nSPS) is 11.3. The van der Waals surface area contributed by atoms with Crippen LogP contribution < -0.4 is 4.90 Å². The fourth-order valence-corrected chi connectivity index (χ4v) is 6.10. The summed E-state index contributed by atoms with van der Waals surface area (Å²) in [5, 5.41) is 4.71. The van der Waals surface area contributed by atoms with Gasteiger partial charge < -0.3 is 9.32 Å². The molecule has 42 heavy (non-hydrogen) atoms. The zero-order chi connectivity index (χ0) is 27.9. The van der Waals surface area contributed by atoms with Crippen molar-refractivity contribution >= 4 is 49.8 Å². The molecule has 2 heteroatoms. The van der Waals surface area contributed by atoms with Gasteiger partial charge in [-0.25, -0.2) is 0 Å². The van der Waals surface area contributed by atoms with Gasteiger partial charge in [0, 0.05) is 33.9 Å². The van der Waals surface area contributed by atoms with Gasteiger partial charge in [0.25, 0.3) is 0 Å². The highest BCUT2D eigenvalue weighted by atomic mass is 16.3. The minimum absolute atomic E-state index is 0.873. The van der Waals surface area contributed by atoms with E-state index in [2.05, 4.69) is 169 Å². The molecular formula is C40H27NO. The molecule has 0 saturated heterocycles. The van der Waals surface area contributed by atoms with Crippen LogP contribution in [0, 0.1) is 0 Å². The predicted octanol–water partition coefficient (Wildman–Crippen LogP) is 11.5. The fraction of sp³-hybridized carbons (Fsp3) is 0. The van der Waals surface area contributed by atoms with Gasteiger partial charge in [-0.1, -0.05) is 115 Å². The third kappa shape index (κ3) is 4.13. The van der Waals surface area contributed by atoms with Crippen LogP contribution in [0.5, 0.6) is 0 Å². The summed E-state index contributed by atoms with van der Waals surface area (Å²) >= 11 is 0. The maximum atomic E-state index is 6.65. The number of furan rings is 1. The smallest absolute Gasteiger partial charge is 0.137 e. The van der Waals surface area contributed by atoms with Gasteiger partial charge in [0.15, 0.2) is 0 Å². The van der Waals surface area contributed by atoms with Crippen LogP contribution in [0.15, 0.2) is 168 Å². The molecule has 0 unspecified atom stereocenters. The van der Waals surface area contributed by atoms with E-state index in [0.29, 0.717) is 0 Å². The standard InChI is InChI=1S/C40H27NO/c1-4-13-28(14-5-1)30-17-12-20-32(25-30)41(31-18-8-3-9-19-31)33-23-24-36-38(26-33)42-39-27-37(29-15-6-2-7-16-29)34-21-10-11-22-35(34)40(36)39/h1-27H. The van der Waals surface area contributed by atoms with Gasteiger partial charge in [-0.05, 0) is 75.5 Å². The summed E-state index contributed by atoms with van der Waals surface area (Å²) in [6, 6.07) is 57.8. The highest BCUT2D eigenvalue weighted by molar-refractivity contribution is 6.22. The molecule has 0 bridgehead atoms. The maximum Gasteiger partial charge on any atom is 0.137 e. The number of para-hydroxylation sites is 1. The number of rotatable bonds is 5. The molecule has 0 N–H and O–H groups in total. The summed E-state index contributed by atoms with van der Waals surface area (Å²) in [4.78, 5) is 2.30. The third-order valence-electron chi connectivity index (χ3n) is 8.03. The fourth-order valence-electron chi connectivity index (χ4n) is 6.10. The van der Waals surface area contributed by atoms with Crippen LogP contribution in [0.3, 0.4) is 0 Å². The first kappa shape index (κ1) is 24.2. The van der Waals surface area contributed by atoms with Crippen LogP contribution in [0.25, 0.3) is 55.0 Å². The third-order valence-corrected chi connectivity index (χ3v) is 8.03. The van der Waals surface area contributed by atoms with E-state index in [1.54, 1.807) is 0 Å². The Bertz CT molecular complexity index is 2180. The summed E-state index contributed by atoms with van der Waals surface area (Å²) in [5.74, 6) is 0. The molecule has 1 aromatic heterocycles. The molecule has 2 nitrogen and oxygen atoms in total. The lowest BCUT2D eigenvalue weighted by molar-refractivity contribution is 0.669. The van der Waals surface area contributed by atoms with E-state index < -0.39 is 0 Å². The van der Waals surface area contributed by atoms with Gasteiger partial charge >= 0.3 is 0 Å². The zero-order valence-electron chi connectivity index (χ0n) is 22.9. The summed E-state index contributed by atoms with van der Waals surface area (Å²) in [6.07, 6.45) is 0. The first-order valence-corrected chi connectivity index (χ1v) is 14.3. The lowest BCUT2D eigenvalue weighted by atomic mass is 9.95. The topological polar surface area (TPSA) is 16.4 Å².